The summed E-state index contributed by atoms with van der Waals surface area (Å²) in [6.07, 6.45) is 6.18. The zero-order chi connectivity index (χ0) is 14.8. The van der Waals surface area contributed by atoms with Gasteiger partial charge < -0.3 is 5.73 Å². The molecule has 1 aromatic carbocycles. The summed E-state index contributed by atoms with van der Waals surface area (Å²) >= 11 is 0. The fourth-order valence-electron chi connectivity index (χ4n) is 3.17. The van der Waals surface area contributed by atoms with Crippen LogP contribution in [0.2, 0.25) is 0 Å². The molecular weight excluding hydrogens is 269 g/mol. The molecule has 1 atom stereocenters. The maximum absolute atomic E-state index is 14.1. The Hall–Kier alpha value is -1.98. The Bertz CT molecular complexity index is 618. The molecule has 1 fully saturated rings. The van der Waals surface area contributed by atoms with Crippen LogP contribution in [0.25, 0.3) is 11.4 Å². The summed E-state index contributed by atoms with van der Waals surface area (Å²) in [5.41, 5.74) is 6.40. The number of nitrogens with two attached hydrogens (primary N) is 1. The smallest absolute Gasteiger partial charge is 0.185 e. The molecule has 6 heteroatoms. The summed E-state index contributed by atoms with van der Waals surface area (Å²) in [5.74, 6) is 0.644. The molecular formula is C15H20FN5. The van der Waals surface area contributed by atoms with Gasteiger partial charge in [0.15, 0.2) is 5.82 Å². The summed E-state index contributed by atoms with van der Waals surface area (Å²) < 4.78 is 15.9. The molecule has 0 aliphatic heterocycles. The van der Waals surface area contributed by atoms with Gasteiger partial charge in [-0.3, -0.25) is 0 Å². The van der Waals surface area contributed by atoms with Crippen LogP contribution in [0.5, 0.6) is 0 Å². The Balaban J connectivity index is 1.93. The van der Waals surface area contributed by atoms with E-state index in [1.165, 1.54) is 38.2 Å². The van der Waals surface area contributed by atoms with Crippen LogP contribution >= 0.6 is 0 Å². The van der Waals surface area contributed by atoms with Crippen molar-refractivity contribution in [1.82, 2.24) is 20.2 Å². The number of nitrogens with zero attached hydrogens (tertiary/aromatic N) is 4. The number of benzene rings is 1. The van der Waals surface area contributed by atoms with Gasteiger partial charge in [0, 0.05) is 5.69 Å². The van der Waals surface area contributed by atoms with Gasteiger partial charge in [-0.2, -0.15) is 0 Å². The number of aromatic nitrogens is 4. The highest BCUT2D eigenvalue weighted by Gasteiger charge is 2.25. The lowest BCUT2D eigenvalue weighted by atomic mass is 9.84. The monoisotopic (exact) mass is 289 g/mol. The van der Waals surface area contributed by atoms with Crippen LogP contribution in [-0.2, 0) is 0 Å². The van der Waals surface area contributed by atoms with Crippen molar-refractivity contribution in [2.24, 2.45) is 5.92 Å². The summed E-state index contributed by atoms with van der Waals surface area (Å²) in [6.45, 7) is 2.12. The first-order valence-corrected chi connectivity index (χ1v) is 7.50. The molecule has 0 spiro atoms. The zero-order valence-electron chi connectivity index (χ0n) is 12.2. The highest BCUT2D eigenvalue weighted by atomic mass is 19.1. The van der Waals surface area contributed by atoms with E-state index in [-0.39, 0.29) is 11.9 Å². The highest BCUT2D eigenvalue weighted by Crippen LogP contribution is 2.34. The van der Waals surface area contributed by atoms with Gasteiger partial charge in [-0.15, -0.1) is 5.10 Å². The van der Waals surface area contributed by atoms with Crippen LogP contribution in [-0.4, -0.2) is 20.2 Å². The zero-order valence-corrected chi connectivity index (χ0v) is 12.2. The number of halogens is 1. The van der Waals surface area contributed by atoms with Crippen LogP contribution in [0, 0.1) is 11.7 Å². The minimum absolute atomic E-state index is 0.173. The van der Waals surface area contributed by atoms with Crippen molar-refractivity contribution in [2.75, 3.05) is 5.73 Å². The Morgan fingerprint density at radius 3 is 2.76 bits per heavy atom. The van der Waals surface area contributed by atoms with E-state index >= 15 is 0 Å². The molecule has 2 N–H and O–H groups in total. The molecule has 1 aliphatic rings. The van der Waals surface area contributed by atoms with E-state index in [1.807, 2.05) is 0 Å². The standard InChI is InChI=1S/C15H20FN5/c1-10(11-5-3-2-4-6-11)21-15(18-19-20-21)13-8-7-12(17)9-14(13)16/h7-11H,2-6,17H2,1H3. The van der Waals surface area contributed by atoms with Gasteiger partial charge in [0.2, 0.25) is 0 Å². The predicted molar refractivity (Wildman–Crippen MR) is 78.9 cm³/mol. The van der Waals surface area contributed by atoms with E-state index in [9.17, 15) is 4.39 Å². The second kappa shape index (κ2) is 5.79. The van der Waals surface area contributed by atoms with E-state index in [1.54, 1.807) is 16.8 Å². The van der Waals surface area contributed by atoms with Crippen LogP contribution in [0.3, 0.4) is 0 Å². The number of hydrogen-bond acceptors (Lipinski definition) is 4. The minimum atomic E-state index is -0.387. The van der Waals surface area contributed by atoms with Gasteiger partial charge in [-0.25, -0.2) is 9.07 Å². The summed E-state index contributed by atoms with van der Waals surface area (Å²) in [7, 11) is 0. The molecule has 5 nitrogen and oxygen atoms in total. The van der Waals surface area contributed by atoms with E-state index in [2.05, 4.69) is 22.4 Å². The van der Waals surface area contributed by atoms with Crippen LogP contribution < -0.4 is 5.73 Å². The molecule has 0 amide bonds. The molecule has 0 bridgehead atoms. The highest BCUT2D eigenvalue weighted by molar-refractivity contribution is 5.59. The van der Waals surface area contributed by atoms with Crippen molar-refractivity contribution in [3.63, 3.8) is 0 Å². The lowest BCUT2D eigenvalue weighted by Crippen LogP contribution is -2.21. The third-order valence-corrected chi connectivity index (χ3v) is 4.44. The second-order valence-corrected chi connectivity index (χ2v) is 5.83. The van der Waals surface area contributed by atoms with Gasteiger partial charge in [0.1, 0.15) is 5.82 Å². The molecule has 1 saturated carbocycles. The molecule has 3 rings (SSSR count). The fourth-order valence-corrected chi connectivity index (χ4v) is 3.17. The number of rotatable bonds is 3. The molecule has 112 valence electrons. The van der Waals surface area contributed by atoms with Crippen molar-refractivity contribution in [3.05, 3.63) is 24.0 Å². The number of tetrazole rings is 1. The SMILES string of the molecule is CC(C1CCCCC1)n1nnnc1-c1ccc(N)cc1F. The van der Waals surface area contributed by atoms with Crippen molar-refractivity contribution in [3.8, 4) is 11.4 Å². The van der Waals surface area contributed by atoms with E-state index in [0.29, 0.717) is 23.0 Å². The van der Waals surface area contributed by atoms with E-state index < -0.39 is 0 Å². The lowest BCUT2D eigenvalue weighted by molar-refractivity contribution is 0.249. The molecule has 2 aromatic rings. The maximum atomic E-state index is 14.1. The van der Waals surface area contributed by atoms with Crippen LogP contribution in [0.4, 0.5) is 10.1 Å². The number of hydrogen-bond donors (Lipinski definition) is 1. The topological polar surface area (TPSA) is 69.6 Å². The lowest BCUT2D eigenvalue weighted by Gasteiger charge is -2.27. The van der Waals surface area contributed by atoms with Gasteiger partial charge >= 0.3 is 0 Å². The average Bonchev–Trinajstić information content (AvgIpc) is 2.96. The minimum Gasteiger partial charge on any atom is -0.399 e. The van der Waals surface area contributed by atoms with Crippen LogP contribution in [0.1, 0.15) is 45.1 Å². The quantitative estimate of drug-likeness (QED) is 0.881. The summed E-state index contributed by atoms with van der Waals surface area (Å²) in [6, 6.07) is 4.79. The van der Waals surface area contributed by atoms with Crippen LogP contribution in [0.15, 0.2) is 18.2 Å². The summed E-state index contributed by atoms with van der Waals surface area (Å²) in [4.78, 5) is 0. The third kappa shape index (κ3) is 2.75. The Labute approximate surface area is 123 Å². The van der Waals surface area contributed by atoms with Crippen molar-refractivity contribution in [2.45, 2.75) is 45.1 Å². The molecule has 1 aromatic heterocycles. The Morgan fingerprint density at radius 2 is 2.05 bits per heavy atom. The van der Waals surface area contributed by atoms with Gasteiger partial charge in [0.05, 0.1) is 11.6 Å². The molecule has 0 saturated heterocycles. The molecule has 1 heterocycles. The number of anilines is 1. The maximum Gasteiger partial charge on any atom is 0.185 e. The van der Waals surface area contributed by atoms with Crippen molar-refractivity contribution < 1.29 is 4.39 Å². The van der Waals surface area contributed by atoms with E-state index in [4.69, 9.17) is 5.73 Å². The third-order valence-electron chi connectivity index (χ3n) is 4.44. The van der Waals surface area contributed by atoms with Gasteiger partial charge in [-0.1, -0.05) is 19.3 Å². The normalized spacial score (nSPS) is 17.8. The Kier molecular flexibility index (Phi) is 3.86. The molecule has 1 aliphatic carbocycles. The average molecular weight is 289 g/mol. The largest absolute Gasteiger partial charge is 0.399 e. The molecule has 1 unspecified atom stereocenters. The molecule has 0 radical (unpaired) electrons. The number of nitrogen functional groups attached to an aromatic ring is 1. The van der Waals surface area contributed by atoms with Crippen molar-refractivity contribution in [1.29, 1.82) is 0 Å². The van der Waals surface area contributed by atoms with Gasteiger partial charge in [0.25, 0.3) is 0 Å². The first-order valence-electron chi connectivity index (χ1n) is 7.50. The predicted octanol–water partition coefficient (Wildman–Crippen LogP) is 3.20. The first-order chi connectivity index (χ1) is 10.2. The summed E-state index contributed by atoms with van der Waals surface area (Å²) in [5, 5.41) is 11.8. The Morgan fingerprint density at radius 1 is 1.29 bits per heavy atom. The van der Waals surface area contributed by atoms with Gasteiger partial charge in [-0.05, 0) is 54.3 Å². The second-order valence-electron chi connectivity index (χ2n) is 5.83. The van der Waals surface area contributed by atoms with Crippen molar-refractivity contribution >= 4 is 5.69 Å². The molecule has 21 heavy (non-hydrogen) atoms. The fraction of sp³-hybridized carbons (Fsp3) is 0.533. The first kappa shape index (κ1) is 14.0. The van der Waals surface area contributed by atoms with E-state index in [0.717, 1.165) is 0 Å².